The van der Waals surface area contributed by atoms with E-state index in [1.54, 1.807) is 7.11 Å². The van der Waals surface area contributed by atoms with E-state index in [-0.39, 0.29) is 5.91 Å². The second-order valence-corrected chi connectivity index (χ2v) is 3.96. The number of piperidine rings is 1. The highest BCUT2D eigenvalue weighted by atomic mass is 16.5. The van der Waals surface area contributed by atoms with Crippen LogP contribution in [0.1, 0.15) is 26.2 Å². The lowest BCUT2D eigenvalue weighted by Gasteiger charge is -2.32. The Morgan fingerprint density at radius 1 is 1.47 bits per heavy atom. The first kappa shape index (κ1) is 12.5. The number of methoxy groups -OCH3 is 1. The topological polar surface area (TPSA) is 41.6 Å². The summed E-state index contributed by atoms with van der Waals surface area (Å²) in [6.45, 7) is 5.45. The fourth-order valence-corrected chi connectivity index (χ4v) is 1.97. The standard InChI is InChI=1S/C11H22N2O2/c1-3-12-10-4-7-13(8-5-10)11(14)6-9-15-2/h10,12H,3-9H2,1-2H3. The lowest BCUT2D eigenvalue weighted by atomic mass is 10.0. The van der Waals surface area contributed by atoms with Crippen LogP contribution in [-0.2, 0) is 9.53 Å². The molecule has 1 heterocycles. The molecule has 1 saturated heterocycles. The minimum Gasteiger partial charge on any atom is -0.384 e. The van der Waals surface area contributed by atoms with Gasteiger partial charge in [-0.3, -0.25) is 4.79 Å². The number of carbonyl (C=O) groups excluding carboxylic acids is 1. The number of carbonyl (C=O) groups is 1. The normalized spacial score (nSPS) is 18.1. The second-order valence-electron chi connectivity index (χ2n) is 3.96. The molecule has 0 aromatic rings. The van der Waals surface area contributed by atoms with Gasteiger partial charge in [-0.1, -0.05) is 6.92 Å². The number of ether oxygens (including phenoxy) is 1. The summed E-state index contributed by atoms with van der Waals surface area (Å²) < 4.78 is 4.90. The van der Waals surface area contributed by atoms with Gasteiger partial charge >= 0.3 is 0 Å². The molecular formula is C11H22N2O2. The van der Waals surface area contributed by atoms with Crippen LogP contribution in [-0.4, -0.2) is 50.2 Å². The molecule has 1 rings (SSSR count). The van der Waals surface area contributed by atoms with Crippen molar-refractivity contribution in [1.29, 1.82) is 0 Å². The Labute approximate surface area is 92.0 Å². The zero-order valence-corrected chi connectivity index (χ0v) is 9.79. The third-order valence-corrected chi connectivity index (χ3v) is 2.86. The first-order chi connectivity index (χ1) is 7.27. The van der Waals surface area contributed by atoms with E-state index in [0.29, 0.717) is 19.1 Å². The molecule has 1 N–H and O–H groups in total. The highest BCUT2D eigenvalue weighted by Gasteiger charge is 2.21. The molecule has 1 aliphatic heterocycles. The number of nitrogens with one attached hydrogen (secondary N) is 1. The first-order valence-electron chi connectivity index (χ1n) is 5.78. The van der Waals surface area contributed by atoms with Gasteiger partial charge in [0, 0.05) is 26.2 Å². The van der Waals surface area contributed by atoms with Gasteiger partial charge in [-0.2, -0.15) is 0 Å². The summed E-state index contributed by atoms with van der Waals surface area (Å²) in [5.74, 6) is 0.229. The molecule has 1 fully saturated rings. The van der Waals surface area contributed by atoms with Gasteiger partial charge < -0.3 is 15.0 Å². The molecule has 0 atom stereocenters. The average molecular weight is 214 g/mol. The maximum Gasteiger partial charge on any atom is 0.224 e. The van der Waals surface area contributed by atoms with Crippen molar-refractivity contribution in [3.63, 3.8) is 0 Å². The molecular weight excluding hydrogens is 192 g/mol. The van der Waals surface area contributed by atoms with E-state index in [1.165, 1.54) is 0 Å². The van der Waals surface area contributed by atoms with Crippen LogP contribution < -0.4 is 5.32 Å². The summed E-state index contributed by atoms with van der Waals surface area (Å²) in [6, 6.07) is 0.599. The van der Waals surface area contributed by atoms with Gasteiger partial charge in [-0.25, -0.2) is 0 Å². The number of hydrogen-bond acceptors (Lipinski definition) is 3. The molecule has 1 aliphatic rings. The molecule has 1 amide bonds. The minimum atomic E-state index is 0.229. The van der Waals surface area contributed by atoms with Crippen molar-refractivity contribution in [2.45, 2.75) is 32.2 Å². The van der Waals surface area contributed by atoms with Crippen LogP contribution >= 0.6 is 0 Å². The van der Waals surface area contributed by atoms with E-state index in [0.717, 1.165) is 32.5 Å². The van der Waals surface area contributed by atoms with Crippen molar-refractivity contribution < 1.29 is 9.53 Å². The van der Waals surface area contributed by atoms with Crippen molar-refractivity contribution in [3.05, 3.63) is 0 Å². The summed E-state index contributed by atoms with van der Waals surface area (Å²) >= 11 is 0. The van der Waals surface area contributed by atoms with Crippen LogP contribution in [0.15, 0.2) is 0 Å². The summed E-state index contributed by atoms with van der Waals surface area (Å²) in [4.78, 5) is 13.6. The van der Waals surface area contributed by atoms with E-state index in [1.807, 2.05) is 4.90 Å². The van der Waals surface area contributed by atoms with Crippen LogP contribution in [0.5, 0.6) is 0 Å². The molecule has 0 bridgehead atoms. The molecule has 0 saturated carbocycles. The molecule has 4 heteroatoms. The molecule has 0 aromatic carbocycles. The van der Waals surface area contributed by atoms with Gasteiger partial charge in [0.25, 0.3) is 0 Å². The van der Waals surface area contributed by atoms with Crippen LogP contribution in [0.2, 0.25) is 0 Å². The Morgan fingerprint density at radius 2 is 2.13 bits per heavy atom. The Kier molecular flexibility index (Phi) is 5.65. The number of nitrogens with zero attached hydrogens (tertiary/aromatic N) is 1. The van der Waals surface area contributed by atoms with Crippen LogP contribution in [0.3, 0.4) is 0 Å². The number of likely N-dealkylation sites (tertiary alicyclic amines) is 1. The molecule has 0 spiro atoms. The smallest absolute Gasteiger partial charge is 0.224 e. The summed E-state index contributed by atoms with van der Waals surface area (Å²) in [5.41, 5.74) is 0. The second kappa shape index (κ2) is 6.80. The van der Waals surface area contributed by atoms with Gasteiger partial charge in [0.2, 0.25) is 5.91 Å². The third kappa shape index (κ3) is 4.18. The third-order valence-electron chi connectivity index (χ3n) is 2.86. The zero-order valence-electron chi connectivity index (χ0n) is 9.79. The Balaban J connectivity index is 2.21. The van der Waals surface area contributed by atoms with Crippen LogP contribution in [0, 0.1) is 0 Å². The highest BCUT2D eigenvalue weighted by molar-refractivity contribution is 5.76. The quantitative estimate of drug-likeness (QED) is 0.729. The van der Waals surface area contributed by atoms with Gasteiger partial charge in [0.05, 0.1) is 13.0 Å². The molecule has 0 radical (unpaired) electrons. The predicted octanol–water partition coefficient (Wildman–Crippen LogP) is 0.623. The minimum absolute atomic E-state index is 0.229. The first-order valence-corrected chi connectivity index (χ1v) is 5.78. The average Bonchev–Trinajstić information content (AvgIpc) is 2.27. The number of hydrogen-bond donors (Lipinski definition) is 1. The maximum atomic E-state index is 11.6. The van der Waals surface area contributed by atoms with Gasteiger partial charge in [0.1, 0.15) is 0 Å². The highest BCUT2D eigenvalue weighted by Crippen LogP contribution is 2.11. The Hall–Kier alpha value is -0.610. The fraction of sp³-hybridized carbons (Fsp3) is 0.909. The van der Waals surface area contributed by atoms with Crippen molar-refractivity contribution in [2.24, 2.45) is 0 Å². The Morgan fingerprint density at radius 3 is 2.67 bits per heavy atom. The molecule has 88 valence electrons. The summed E-state index contributed by atoms with van der Waals surface area (Å²) in [7, 11) is 1.63. The monoisotopic (exact) mass is 214 g/mol. The van der Waals surface area contributed by atoms with Crippen LogP contribution in [0.25, 0.3) is 0 Å². The largest absolute Gasteiger partial charge is 0.384 e. The molecule has 0 unspecified atom stereocenters. The van der Waals surface area contributed by atoms with E-state index in [9.17, 15) is 4.79 Å². The SMILES string of the molecule is CCNC1CCN(C(=O)CCOC)CC1. The van der Waals surface area contributed by atoms with E-state index in [4.69, 9.17) is 4.74 Å². The van der Waals surface area contributed by atoms with Crippen molar-refractivity contribution in [2.75, 3.05) is 33.4 Å². The lowest BCUT2D eigenvalue weighted by Crippen LogP contribution is -2.45. The van der Waals surface area contributed by atoms with Gasteiger partial charge in [0.15, 0.2) is 0 Å². The van der Waals surface area contributed by atoms with Crippen molar-refractivity contribution in [3.8, 4) is 0 Å². The van der Waals surface area contributed by atoms with Crippen molar-refractivity contribution >= 4 is 5.91 Å². The lowest BCUT2D eigenvalue weighted by molar-refractivity contribution is -0.133. The number of amides is 1. The summed E-state index contributed by atoms with van der Waals surface area (Å²) in [6.07, 6.45) is 2.67. The molecule has 4 nitrogen and oxygen atoms in total. The van der Waals surface area contributed by atoms with Gasteiger partial charge in [-0.05, 0) is 19.4 Å². The molecule has 0 aromatic heterocycles. The number of rotatable bonds is 5. The van der Waals surface area contributed by atoms with E-state index < -0.39 is 0 Å². The Bertz CT molecular complexity index is 189. The van der Waals surface area contributed by atoms with Gasteiger partial charge in [-0.15, -0.1) is 0 Å². The molecule has 0 aliphatic carbocycles. The predicted molar refractivity (Wildman–Crippen MR) is 59.8 cm³/mol. The fourth-order valence-electron chi connectivity index (χ4n) is 1.97. The summed E-state index contributed by atoms with van der Waals surface area (Å²) in [5, 5.41) is 3.42. The van der Waals surface area contributed by atoms with E-state index in [2.05, 4.69) is 12.2 Å². The zero-order chi connectivity index (χ0) is 11.1. The van der Waals surface area contributed by atoms with Crippen LogP contribution in [0.4, 0.5) is 0 Å². The maximum absolute atomic E-state index is 11.6. The van der Waals surface area contributed by atoms with E-state index >= 15 is 0 Å². The van der Waals surface area contributed by atoms with Crippen molar-refractivity contribution in [1.82, 2.24) is 10.2 Å². The molecule has 15 heavy (non-hydrogen) atoms.